The lowest BCUT2D eigenvalue weighted by molar-refractivity contribution is 0.0987. The van der Waals surface area contributed by atoms with E-state index < -0.39 is 0 Å². The Labute approximate surface area is 84.9 Å². The van der Waals surface area contributed by atoms with Gasteiger partial charge < -0.3 is 4.74 Å². The number of Topliss-reactive ketones (excluding diaryl/α,β-unsaturated/α-hetero) is 1. The standard InChI is InChI=1S/C12H16O2/c1-3-8-14-11-7-5-6-10(9-11)12(13)4-2/h5-7,9H,3-4,8H2,1-2H3. The zero-order valence-corrected chi connectivity index (χ0v) is 8.75. The summed E-state index contributed by atoms with van der Waals surface area (Å²) < 4.78 is 5.44. The predicted octanol–water partition coefficient (Wildman–Crippen LogP) is 3.07. The van der Waals surface area contributed by atoms with Crippen LogP contribution >= 0.6 is 0 Å². The van der Waals surface area contributed by atoms with Gasteiger partial charge in [0, 0.05) is 12.0 Å². The van der Waals surface area contributed by atoms with E-state index >= 15 is 0 Å². The monoisotopic (exact) mass is 192 g/mol. The molecule has 0 amide bonds. The Bertz CT molecular complexity index is 305. The van der Waals surface area contributed by atoms with Crippen LogP contribution in [0, 0.1) is 0 Å². The summed E-state index contributed by atoms with van der Waals surface area (Å²) in [5, 5.41) is 0. The fourth-order valence-electron chi connectivity index (χ4n) is 1.18. The molecule has 2 nitrogen and oxygen atoms in total. The minimum absolute atomic E-state index is 0.159. The highest BCUT2D eigenvalue weighted by molar-refractivity contribution is 5.96. The molecule has 1 rings (SSSR count). The van der Waals surface area contributed by atoms with E-state index in [1.807, 2.05) is 31.2 Å². The number of carbonyl (C=O) groups excluding carboxylic acids is 1. The molecule has 0 saturated heterocycles. The predicted molar refractivity (Wildman–Crippen MR) is 56.8 cm³/mol. The van der Waals surface area contributed by atoms with Gasteiger partial charge in [-0.25, -0.2) is 0 Å². The first-order chi connectivity index (χ1) is 6.77. The maximum atomic E-state index is 11.4. The highest BCUT2D eigenvalue weighted by atomic mass is 16.5. The number of ketones is 1. The summed E-state index contributed by atoms with van der Waals surface area (Å²) in [5.74, 6) is 0.943. The van der Waals surface area contributed by atoms with Crippen LogP contribution in [0.25, 0.3) is 0 Å². The van der Waals surface area contributed by atoms with Gasteiger partial charge in [0.2, 0.25) is 0 Å². The van der Waals surface area contributed by atoms with Gasteiger partial charge in [0.05, 0.1) is 6.61 Å². The van der Waals surface area contributed by atoms with Gasteiger partial charge in [0.15, 0.2) is 5.78 Å². The number of hydrogen-bond donors (Lipinski definition) is 0. The van der Waals surface area contributed by atoms with E-state index in [0.717, 1.165) is 17.7 Å². The summed E-state index contributed by atoms with van der Waals surface area (Å²) >= 11 is 0. The van der Waals surface area contributed by atoms with Crippen molar-refractivity contribution >= 4 is 5.78 Å². The number of hydrogen-bond acceptors (Lipinski definition) is 2. The lowest BCUT2D eigenvalue weighted by atomic mass is 10.1. The molecule has 0 atom stereocenters. The molecule has 2 heteroatoms. The van der Waals surface area contributed by atoms with Crippen molar-refractivity contribution in [3.05, 3.63) is 29.8 Å². The van der Waals surface area contributed by atoms with Crippen molar-refractivity contribution in [1.82, 2.24) is 0 Å². The van der Waals surface area contributed by atoms with Gasteiger partial charge in [-0.05, 0) is 18.6 Å². The van der Waals surface area contributed by atoms with E-state index in [4.69, 9.17) is 4.74 Å². The molecule has 0 aliphatic rings. The second-order valence-corrected chi connectivity index (χ2v) is 3.15. The second kappa shape index (κ2) is 5.43. The molecule has 0 unspecified atom stereocenters. The highest BCUT2D eigenvalue weighted by Gasteiger charge is 2.03. The zero-order chi connectivity index (χ0) is 10.4. The van der Waals surface area contributed by atoms with Crippen LogP contribution in [0.3, 0.4) is 0 Å². The van der Waals surface area contributed by atoms with Crippen LogP contribution in [0.1, 0.15) is 37.0 Å². The largest absolute Gasteiger partial charge is 0.494 e. The number of benzene rings is 1. The smallest absolute Gasteiger partial charge is 0.162 e. The molecule has 0 N–H and O–H groups in total. The molecule has 0 saturated carbocycles. The Hall–Kier alpha value is -1.31. The molecule has 0 aliphatic heterocycles. The van der Waals surface area contributed by atoms with E-state index in [1.54, 1.807) is 0 Å². The molecular formula is C12H16O2. The summed E-state index contributed by atoms with van der Waals surface area (Å²) in [6.07, 6.45) is 1.52. The fraction of sp³-hybridized carbons (Fsp3) is 0.417. The lowest BCUT2D eigenvalue weighted by Crippen LogP contribution is -1.99. The van der Waals surface area contributed by atoms with Crippen molar-refractivity contribution < 1.29 is 9.53 Å². The molecule has 0 bridgehead atoms. The van der Waals surface area contributed by atoms with E-state index in [9.17, 15) is 4.79 Å². The van der Waals surface area contributed by atoms with E-state index in [2.05, 4.69) is 6.92 Å². The molecule has 1 aromatic carbocycles. The summed E-state index contributed by atoms with van der Waals surface area (Å²) in [6, 6.07) is 7.36. The molecule has 0 fully saturated rings. The van der Waals surface area contributed by atoms with Crippen molar-refractivity contribution in [2.24, 2.45) is 0 Å². The highest BCUT2D eigenvalue weighted by Crippen LogP contribution is 2.14. The van der Waals surface area contributed by atoms with Crippen molar-refractivity contribution in [1.29, 1.82) is 0 Å². The average Bonchev–Trinajstić information content (AvgIpc) is 2.25. The minimum atomic E-state index is 0.159. The topological polar surface area (TPSA) is 26.3 Å². The van der Waals surface area contributed by atoms with Gasteiger partial charge in [0.1, 0.15) is 5.75 Å². The number of rotatable bonds is 5. The summed E-state index contributed by atoms with van der Waals surface area (Å²) in [7, 11) is 0. The Morgan fingerprint density at radius 2 is 2.14 bits per heavy atom. The third kappa shape index (κ3) is 2.87. The number of carbonyl (C=O) groups is 1. The van der Waals surface area contributed by atoms with E-state index in [0.29, 0.717) is 13.0 Å². The van der Waals surface area contributed by atoms with Gasteiger partial charge in [0.25, 0.3) is 0 Å². The molecule has 0 aliphatic carbocycles. The van der Waals surface area contributed by atoms with Crippen LogP contribution in [0.5, 0.6) is 5.75 Å². The molecule has 1 aromatic rings. The van der Waals surface area contributed by atoms with E-state index in [-0.39, 0.29) is 5.78 Å². The van der Waals surface area contributed by atoms with Gasteiger partial charge in [-0.1, -0.05) is 26.0 Å². The molecule has 0 heterocycles. The van der Waals surface area contributed by atoms with Crippen LogP contribution in [-0.2, 0) is 0 Å². The van der Waals surface area contributed by atoms with Gasteiger partial charge in [-0.2, -0.15) is 0 Å². The normalized spacial score (nSPS) is 9.86. The first-order valence-corrected chi connectivity index (χ1v) is 5.04. The quantitative estimate of drug-likeness (QED) is 0.670. The molecular weight excluding hydrogens is 176 g/mol. The molecule has 0 aromatic heterocycles. The second-order valence-electron chi connectivity index (χ2n) is 3.15. The first kappa shape index (κ1) is 10.8. The maximum absolute atomic E-state index is 11.4. The molecule has 0 spiro atoms. The minimum Gasteiger partial charge on any atom is -0.494 e. The van der Waals surface area contributed by atoms with Crippen LogP contribution in [-0.4, -0.2) is 12.4 Å². The Kier molecular flexibility index (Phi) is 4.17. The van der Waals surface area contributed by atoms with Gasteiger partial charge >= 0.3 is 0 Å². The molecule has 76 valence electrons. The average molecular weight is 192 g/mol. The van der Waals surface area contributed by atoms with Crippen LogP contribution < -0.4 is 4.74 Å². The van der Waals surface area contributed by atoms with Crippen molar-refractivity contribution in [2.75, 3.05) is 6.61 Å². The van der Waals surface area contributed by atoms with Gasteiger partial charge in [-0.15, -0.1) is 0 Å². The van der Waals surface area contributed by atoms with Crippen molar-refractivity contribution in [3.8, 4) is 5.75 Å². The summed E-state index contributed by atoms with van der Waals surface area (Å²) in [6.45, 7) is 4.62. The third-order valence-electron chi connectivity index (χ3n) is 1.95. The first-order valence-electron chi connectivity index (χ1n) is 5.04. The van der Waals surface area contributed by atoms with Crippen molar-refractivity contribution in [3.63, 3.8) is 0 Å². The maximum Gasteiger partial charge on any atom is 0.162 e. The van der Waals surface area contributed by atoms with Crippen LogP contribution in [0.2, 0.25) is 0 Å². The van der Waals surface area contributed by atoms with Gasteiger partial charge in [-0.3, -0.25) is 4.79 Å². The van der Waals surface area contributed by atoms with Crippen molar-refractivity contribution in [2.45, 2.75) is 26.7 Å². The zero-order valence-electron chi connectivity index (χ0n) is 8.75. The fourth-order valence-corrected chi connectivity index (χ4v) is 1.18. The molecule has 0 radical (unpaired) electrons. The Morgan fingerprint density at radius 3 is 2.79 bits per heavy atom. The Balaban J connectivity index is 2.73. The lowest BCUT2D eigenvalue weighted by Gasteiger charge is -2.05. The summed E-state index contributed by atoms with van der Waals surface area (Å²) in [4.78, 5) is 11.4. The summed E-state index contributed by atoms with van der Waals surface area (Å²) in [5.41, 5.74) is 0.737. The molecule has 14 heavy (non-hydrogen) atoms. The Morgan fingerprint density at radius 1 is 1.36 bits per heavy atom. The van der Waals surface area contributed by atoms with E-state index in [1.165, 1.54) is 0 Å². The van der Waals surface area contributed by atoms with Crippen LogP contribution in [0.4, 0.5) is 0 Å². The third-order valence-corrected chi connectivity index (χ3v) is 1.95. The van der Waals surface area contributed by atoms with Crippen LogP contribution in [0.15, 0.2) is 24.3 Å². The number of ether oxygens (including phenoxy) is 1. The SMILES string of the molecule is CCCOc1cccc(C(=O)CC)c1.